The van der Waals surface area contributed by atoms with Crippen molar-refractivity contribution in [3.05, 3.63) is 41.8 Å². The molecule has 0 spiro atoms. The van der Waals surface area contributed by atoms with Gasteiger partial charge >= 0.3 is 0 Å². The Morgan fingerprint density at radius 3 is 2.82 bits per heavy atom. The lowest BCUT2D eigenvalue weighted by atomic mass is 10.1. The van der Waals surface area contributed by atoms with Crippen molar-refractivity contribution in [2.24, 2.45) is 0 Å². The summed E-state index contributed by atoms with van der Waals surface area (Å²) in [7, 11) is 0. The minimum atomic E-state index is -0.856. The number of rotatable bonds is 4. The average Bonchev–Trinajstić information content (AvgIpc) is 3.14. The molecule has 7 heteroatoms. The fourth-order valence-corrected chi connectivity index (χ4v) is 2.53. The van der Waals surface area contributed by atoms with Gasteiger partial charge < -0.3 is 10.6 Å². The number of benzene rings is 1. The van der Waals surface area contributed by atoms with Gasteiger partial charge in [-0.25, -0.2) is 8.78 Å². The van der Waals surface area contributed by atoms with Crippen molar-refractivity contribution in [1.82, 2.24) is 20.8 Å². The van der Waals surface area contributed by atoms with E-state index in [1.54, 1.807) is 12.1 Å². The number of H-pyrrole nitrogens is 1. The van der Waals surface area contributed by atoms with Crippen LogP contribution >= 0.6 is 0 Å². The highest BCUT2D eigenvalue weighted by molar-refractivity contribution is 5.99. The van der Waals surface area contributed by atoms with Gasteiger partial charge in [0.25, 0.3) is 5.91 Å². The minimum Gasteiger partial charge on any atom is -0.350 e. The van der Waals surface area contributed by atoms with E-state index in [2.05, 4.69) is 20.8 Å². The second kappa shape index (κ2) is 6.23. The van der Waals surface area contributed by atoms with Gasteiger partial charge in [0.1, 0.15) is 12.0 Å². The molecular weight excluding hydrogens is 290 g/mol. The monoisotopic (exact) mass is 306 g/mol. The quantitative estimate of drug-likeness (QED) is 0.804. The summed E-state index contributed by atoms with van der Waals surface area (Å²) >= 11 is 0. The van der Waals surface area contributed by atoms with E-state index in [9.17, 15) is 13.6 Å². The third-order valence-electron chi connectivity index (χ3n) is 3.69. The van der Waals surface area contributed by atoms with Gasteiger partial charge in [-0.1, -0.05) is 0 Å². The molecular formula is C15H16F2N4O. The number of alkyl halides is 1. The molecule has 1 aliphatic heterocycles. The molecule has 1 amide bonds. The van der Waals surface area contributed by atoms with E-state index in [1.165, 1.54) is 18.3 Å². The fraction of sp³-hybridized carbons (Fsp3) is 0.333. The van der Waals surface area contributed by atoms with Crippen molar-refractivity contribution in [2.45, 2.75) is 18.6 Å². The number of hydrogen-bond donors (Lipinski definition) is 3. The van der Waals surface area contributed by atoms with E-state index < -0.39 is 6.17 Å². The van der Waals surface area contributed by atoms with Crippen LogP contribution in [-0.4, -0.2) is 41.4 Å². The molecule has 1 aromatic carbocycles. The van der Waals surface area contributed by atoms with Gasteiger partial charge in [0, 0.05) is 24.7 Å². The first-order valence-corrected chi connectivity index (χ1v) is 7.08. The normalized spacial score (nSPS) is 21.0. The number of halogens is 2. The molecule has 0 bridgehead atoms. The zero-order valence-corrected chi connectivity index (χ0v) is 11.8. The summed E-state index contributed by atoms with van der Waals surface area (Å²) in [6, 6.07) is 5.74. The number of aromatic nitrogens is 2. The molecule has 0 saturated carbocycles. The minimum absolute atomic E-state index is 0.0554. The van der Waals surface area contributed by atoms with E-state index in [1.807, 2.05) is 0 Å². The first kappa shape index (κ1) is 14.6. The van der Waals surface area contributed by atoms with Crippen LogP contribution in [0, 0.1) is 5.82 Å². The molecule has 5 nitrogen and oxygen atoms in total. The average molecular weight is 306 g/mol. The highest BCUT2D eigenvalue weighted by atomic mass is 19.1. The molecule has 2 aromatic rings. The number of nitrogens with zero attached hydrogens (tertiary/aromatic N) is 1. The molecule has 2 atom stereocenters. The zero-order valence-electron chi connectivity index (χ0n) is 11.8. The number of hydrogen-bond acceptors (Lipinski definition) is 3. The summed E-state index contributed by atoms with van der Waals surface area (Å²) in [6.07, 6.45) is 0.968. The smallest absolute Gasteiger partial charge is 0.255 e. The number of carbonyl (C=O) groups is 1. The van der Waals surface area contributed by atoms with Gasteiger partial charge in [0.05, 0.1) is 17.5 Å². The van der Waals surface area contributed by atoms with E-state index in [4.69, 9.17) is 0 Å². The van der Waals surface area contributed by atoms with E-state index in [0.29, 0.717) is 36.3 Å². The molecule has 2 heterocycles. The Kier molecular flexibility index (Phi) is 4.15. The SMILES string of the molecule is O=C(NC[C@@H]1C[C@H](F)CN1)c1cn[nH]c1-c1ccc(F)cc1. The first-order valence-electron chi connectivity index (χ1n) is 7.08. The first-order chi connectivity index (χ1) is 10.6. The predicted molar refractivity (Wildman–Crippen MR) is 77.6 cm³/mol. The van der Waals surface area contributed by atoms with Crippen LogP contribution in [0.4, 0.5) is 8.78 Å². The zero-order chi connectivity index (χ0) is 15.5. The maximum Gasteiger partial charge on any atom is 0.255 e. The summed E-state index contributed by atoms with van der Waals surface area (Å²) < 4.78 is 26.0. The molecule has 1 saturated heterocycles. The Morgan fingerprint density at radius 1 is 1.36 bits per heavy atom. The number of nitrogens with one attached hydrogen (secondary N) is 3. The van der Waals surface area contributed by atoms with Crippen LogP contribution < -0.4 is 10.6 Å². The Labute approximate surface area is 126 Å². The summed E-state index contributed by atoms with van der Waals surface area (Å²) in [5.41, 5.74) is 1.58. The van der Waals surface area contributed by atoms with Crippen molar-refractivity contribution in [2.75, 3.05) is 13.1 Å². The standard InChI is InChI=1S/C15H16F2N4O/c16-10-3-1-9(2-4-10)14-13(8-20-21-14)15(22)19-7-12-5-11(17)6-18-12/h1-4,8,11-12,18H,5-7H2,(H,19,22)(H,20,21)/t11-,12-/m0/s1. The summed E-state index contributed by atoms with van der Waals surface area (Å²) in [4.78, 5) is 12.2. The van der Waals surface area contributed by atoms with Crippen LogP contribution in [0.1, 0.15) is 16.8 Å². The fourth-order valence-electron chi connectivity index (χ4n) is 2.53. The van der Waals surface area contributed by atoms with Gasteiger partial charge in [-0.15, -0.1) is 0 Å². The molecule has 3 N–H and O–H groups in total. The molecule has 1 aromatic heterocycles. The van der Waals surface area contributed by atoms with E-state index >= 15 is 0 Å². The maximum absolute atomic E-state index is 13.1. The van der Waals surface area contributed by atoms with Crippen molar-refractivity contribution in [1.29, 1.82) is 0 Å². The lowest BCUT2D eigenvalue weighted by Gasteiger charge is -2.11. The van der Waals surface area contributed by atoms with Crippen molar-refractivity contribution >= 4 is 5.91 Å². The molecule has 116 valence electrons. The Hall–Kier alpha value is -2.28. The van der Waals surface area contributed by atoms with Crippen molar-refractivity contribution in [3.63, 3.8) is 0 Å². The van der Waals surface area contributed by atoms with E-state index in [0.717, 1.165) is 0 Å². The molecule has 3 rings (SSSR count). The lowest BCUT2D eigenvalue weighted by Crippen LogP contribution is -2.37. The number of amides is 1. The van der Waals surface area contributed by atoms with Gasteiger partial charge in [0.2, 0.25) is 0 Å². The Morgan fingerprint density at radius 2 is 2.14 bits per heavy atom. The molecule has 1 fully saturated rings. The van der Waals surface area contributed by atoms with Crippen LogP contribution in [0.5, 0.6) is 0 Å². The lowest BCUT2D eigenvalue weighted by molar-refractivity contribution is 0.0950. The summed E-state index contributed by atoms with van der Waals surface area (Å²) in [6.45, 7) is 0.681. The number of carbonyl (C=O) groups excluding carboxylic acids is 1. The number of aromatic amines is 1. The highest BCUT2D eigenvalue weighted by Gasteiger charge is 2.24. The van der Waals surface area contributed by atoms with Crippen LogP contribution in [0.2, 0.25) is 0 Å². The van der Waals surface area contributed by atoms with Gasteiger partial charge in [-0.2, -0.15) is 5.10 Å². The van der Waals surface area contributed by atoms with Crippen LogP contribution in [0.25, 0.3) is 11.3 Å². The Bertz CT molecular complexity index is 656. The molecule has 0 unspecified atom stereocenters. The third kappa shape index (κ3) is 3.14. The third-order valence-corrected chi connectivity index (χ3v) is 3.69. The van der Waals surface area contributed by atoms with Crippen molar-refractivity contribution < 1.29 is 13.6 Å². The largest absolute Gasteiger partial charge is 0.350 e. The van der Waals surface area contributed by atoms with Gasteiger partial charge in [-0.3, -0.25) is 9.89 Å². The second-order valence-corrected chi connectivity index (χ2v) is 5.31. The predicted octanol–water partition coefficient (Wildman–Crippen LogP) is 1.65. The van der Waals surface area contributed by atoms with Crippen molar-refractivity contribution in [3.8, 4) is 11.3 Å². The Balaban J connectivity index is 1.68. The molecule has 0 radical (unpaired) electrons. The topological polar surface area (TPSA) is 69.8 Å². The van der Waals surface area contributed by atoms with Crippen LogP contribution in [0.15, 0.2) is 30.5 Å². The second-order valence-electron chi connectivity index (χ2n) is 5.31. The molecule has 1 aliphatic rings. The van der Waals surface area contributed by atoms with Gasteiger partial charge in [-0.05, 0) is 30.7 Å². The maximum atomic E-state index is 13.1. The molecule has 0 aliphatic carbocycles. The van der Waals surface area contributed by atoms with E-state index in [-0.39, 0.29) is 17.8 Å². The van der Waals surface area contributed by atoms with Crippen LogP contribution in [0.3, 0.4) is 0 Å². The van der Waals surface area contributed by atoms with Crippen LogP contribution in [-0.2, 0) is 0 Å². The highest BCUT2D eigenvalue weighted by Crippen LogP contribution is 2.21. The summed E-state index contributed by atoms with van der Waals surface area (Å²) in [5.74, 6) is -0.639. The molecule has 22 heavy (non-hydrogen) atoms. The summed E-state index contributed by atoms with van der Waals surface area (Å²) in [5, 5.41) is 12.4. The van der Waals surface area contributed by atoms with Gasteiger partial charge in [0.15, 0.2) is 0 Å².